The van der Waals surface area contributed by atoms with Crippen LogP contribution in [0.2, 0.25) is 0 Å². The van der Waals surface area contributed by atoms with Crippen molar-refractivity contribution < 1.29 is 19.4 Å². The quantitative estimate of drug-likeness (QED) is 0.818. The van der Waals surface area contributed by atoms with Gasteiger partial charge in [0.2, 0.25) is 0 Å². The van der Waals surface area contributed by atoms with Crippen molar-refractivity contribution in [3.63, 3.8) is 0 Å². The molecule has 3 unspecified atom stereocenters. The summed E-state index contributed by atoms with van der Waals surface area (Å²) in [7, 11) is 1.66. The molecule has 1 saturated carbocycles. The molecule has 0 spiro atoms. The summed E-state index contributed by atoms with van der Waals surface area (Å²) in [5.74, 6) is -0.923. The van der Waals surface area contributed by atoms with Crippen LogP contribution in [0.5, 0.6) is 0 Å². The highest BCUT2D eigenvalue weighted by molar-refractivity contribution is 5.76. The van der Waals surface area contributed by atoms with Gasteiger partial charge in [0.15, 0.2) is 0 Å². The van der Waals surface area contributed by atoms with E-state index in [9.17, 15) is 9.90 Å². The van der Waals surface area contributed by atoms with Crippen molar-refractivity contribution in [1.29, 1.82) is 0 Å². The molecular weight excluding hydrogens is 220 g/mol. The third-order valence-electron chi connectivity index (χ3n) is 4.43. The van der Waals surface area contributed by atoms with Crippen molar-refractivity contribution in [1.82, 2.24) is 0 Å². The largest absolute Gasteiger partial charge is 0.481 e. The van der Waals surface area contributed by atoms with Crippen molar-refractivity contribution >= 4 is 5.97 Å². The molecule has 17 heavy (non-hydrogen) atoms. The molecule has 1 aliphatic heterocycles. The van der Waals surface area contributed by atoms with Gasteiger partial charge in [0.25, 0.3) is 0 Å². The molecule has 1 aliphatic carbocycles. The van der Waals surface area contributed by atoms with E-state index >= 15 is 0 Å². The van der Waals surface area contributed by atoms with Crippen molar-refractivity contribution in [2.75, 3.05) is 20.3 Å². The van der Waals surface area contributed by atoms with E-state index in [1.165, 1.54) is 0 Å². The average molecular weight is 242 g/mol. The number of ether oxygens (including phenoxy) is 2. The van der Waals surface area contributed by atoms with Crippen LogP contribution in [-0.2, 0) is 14.3 Å². The Morgan fingerprint density at radius 2 is 2.18 bits per heavy atom. The maximum atomic E-state index is 11.3. The first-order valence-electron chi connectivity index (χ1n) is 6.31. The molecule has 0 aromatic rings. The van der Waals surface area contributed by atoms with Crippen LogP contribution in [0.4, 0.5) is 0 Å². The molecule has 0 bridgehead atoms. The van der Waals surface area contributed by atoms with Crippen LogP contribution in [-0.4, -0.2) is 37.0 Å². The second-order valence-corrected chi connectivity index (χ2v) is 5.92. The zero-order chi connectivity index (χ0) is 12.7. The fraction of sp³-hybridized carbons (Fsp3) is 0.923. The monoisotopic (exact) mass is 242 g/mol. The Morgan fingerprint density at radius 3 is 2.59 bits per heavy atom. The Morgan fingerprint density at radius 1 is 1.47 bits per heavy atom. The lowest BCUT2D eigenvalue weighted by molar-refractivity contribution is -0.148. The van der Waals surface area contributed by atoms with E-state index in [0.29, 0.717) is 6.61 Å². The first-order chi connectivity index (χ1) is 7.96. The topological polar surface area (TPSA) is 55.8 Å². The normalized spacial score (nSPS) is 39.9. The van der Waals surface area contributed by atoms with Gasteiger partial charge in [-0.25, -0.2) is 0 Å². The summed E-state index contributed by atoms with van der Waals surface area (Å²) in [5, 5.41) is 9.28. The van der Waals surface area contributed by atoms with Gasteiger partial charge in [-0.1, -0.05) is 13.8 Å². The van der Waals surface area contributed by atoms with E-state index in [4.69, 9.17) is 9.47 Å². The van der Waals surface area contributed by atoms with Gasteiger partial charge in [0.1, 0.15) is 0 Å². The summed E-state index contributed by atoms with van der Waals surface area (Å²) < 4.78 is 11.2. The number of rotatable bonds is 4. The van der Waals surface area contributed by atoms with Crippen LogP contribution in [0.25, 0.3) is 0 Å². The van der Waals surface area contributed by atoms with E-state index in [1.54, 1.807) is 7.11 Å². The van der Waals surface area contributed by atoms with Gasteiger partial charge in [0, 0.05) is 19.6 Å². The number of carbonyl (C=O) groups is 1. The lowest BCUT2D eigenvalue weighted by Crippen LogP contribution is -2.44. The van der Waals surface area contributed by atoms with Crippen molar-refractivity contribution in [3.05, 3.63) is 0 Å². The SMILES string of the molecule is COCC1(C2C(C(=O)O)C2(C)C)CCCCO1. The molecule has 4 heteroatoms. The summed E-state index contributed by atoms with van der Waals surface area (Å²) >= 11 is 0. The van der Waals surface area contributed by atoms with Gasteiger partial charge in [-0.3, -0.25) is 4.79 Å². The summed E-state index contributed by atoms with van der Waals surface area (Å²) in [5.41, 5.74) is -0.554. The van der Waals surface area contributed by atoms with Gasteiger partial charge in [0.05, 0.1) is 18.1 Å². The predicted octanol–water partition coefficient (Wildman–Crippen LogP) is 1.93. The molecule has 1 heterocycles. The molecule has 2 fully saturated rings. The number of aliphatic carboxylic acids is 1. The van der Waals surface area contributed by atoms with Crippen LogP contribution in [0.1, 0.15) is 33.1 Å². The molecule has 0 radical (unpaired) electrons. The maximum absolute atomic E-state index is 11.3. The predicted molar refractivity (Wildman–Crippen MR) is 62.8 cm³/mol. The van der Waals surface area contributed by atoms with E-state index < -0.39 is 5.97 Å². The third kappa shape index (κ3) is 1.97. The Labute approximate surface area is 102 Å². The van der Waals surface area contributed by atoms with Crippen molar-refractivity contribution in [2.45, 2.75) is 38.7 Å². The van der Waals surface area contributed by atoms with E-state index in [1.807, 2.05) is 13.8 Å². The molecule has 1 saturated heterocycles. The molecule has 4 nitrogen and oxygen atoms in total. The fourth-order valence-electron chi connectivity index (χ4n) is 3.65. The second-order valence-electron chi connectivity index (χ2n) is 5.92. The van der Waals surface area contributed by atoms with E-state index in [2.05, 4.69) is 0 Å². The average Bonchev–Trinajstić information content (AvgIpc) is 2.84. The molecule has 1 N–H and O–H groups in total. The smallest absolute Gasteiger partial charge is 0.307 e. The Bertz CT molecular complexity index is 299. The van der Waals surface area contributed by atoms with Gasteiger partial charge < -0.3 is 14.6 Å². The maximum Gasteiger partial charge on any atom is 0.307 e. The van der Waals surface area contributed by atoms with Crippen LogP contribution in [0.15, 0.2) is 0 Å². The lowest BCUT2D eigenvalue weighted by atomic mass is 9.85. The Hall–Kier alpha value is -0.610. The summed E-state index contributed by atoms with van der Waals surface area (Å²) in [4.78, 5) is 11.3. The molecule has 3 atom stereocenters. The minimum atomic E-state index is -0.704. The fourth-order valence-corrected chi connectivity index (χ4v) is 3.65. The first-order valence-corrected chi connectivity index (χ1v) is 6.31. The molecule has 98 valence electrons. The number of hydrogen-bond donors (Lipinski definition) is 1. The molecule has 2 rings (SSSR count). The summed E-state index contributed by atoms with van der Waals surface area (Å²) in [6, 6.07) is 0. The number of carboxylic acids is 1. The van der Waals surface area contributed by atoms with Crippen LogP contribution < -0.4 is 0 Å². The second kappa shape index (κ2) is 4.25. The van der Waals surface area contributed by atoms with Crippen LogP contribution in [0, 0.1) is 17.3 Å². The number of carboxylic acid groups (broad SMARTS) is 1. The first kappa shape index (κ1) is 12.8. The molecular formula is C13H22O4. The van der Waals surface area contributed by atoms with Crippen molar-refractivity contribution in [2.24, 2.45) is 17.3 Å². The van der Waals surface area contributed by atoms with E-state index in [0.717, 1.165) is 25.9 Å². The van der Waals surface area contributed by atoms with Gasteiger partial charge >= 0.3 is 5.97 Å². The van der Waals surface area contributed by atoms with Gasteiger partial charge in [-0.2, -0.15) is 0 Å². The molecule has 0 amide bonds. The Balaban J connectivity index is 2.20. The highest BCUT2D eigenvalue weighted by Gasteiger charge is 2.70. The standard InChI is InChI=1S/C13H22O4/c1-12(2)9(11(14)15)10(12)13(8-16-3)6-4-5-7-17-13/h9-10H,4-8H2,1-3H3,(H,14,15). The van der Waals surface area contributed by atoms with Gasteiger partial charge in [-0.05, 0) is 24.7 Å². The molecule has 2 aliphatic rings. The van der Waals surface area contributed by atoms with Gasteiger partial charge in [-0.15, -0.1) is 0 Å². The number of methoxy groups -OCH3 is 1. The minimum Gasteiger partial charge on any atom is -0.481 e. The number of hydrogen-bond acceptors (Lipinski definition) is 3. The zero-order valence-electron chi connectivity index (χ0n) is 10.9. The van der Waals surface area contributed by atoms with Crippen LogP contribution >= 0.6 is 0 Å². The Kier molecular flexibility index (Phi) is 3.21. The molecule has 0 aromatic heterocycles. The van der Waals surface area contributed by atoms with Crippen LogP contribution in [0.3, 0.4) is 0 Å². The zero-order valence-corrected chi connectivity index (χ0v) is 10.9. The lowest BCUT2D eigenvalue weighted by Gasteiger charge is -2.38. The third-order valence-corrected chi connectivity index (χ3v) is 4.43. The highest BCUT2D eigenvalue weighted by atomic mass is 16.5. The molecule has 0 aromatic carbocycles. The summed E-state index contributed by atoms with van der Waals surface area (Å²) in [6.07, 6.45) is 3.08. The van der Waals surface area contributed by atoms with E-state index in [-0.39, 0.29) is 22.9 Å². The highest BCUT2D eigenvalue weighted by Crippen LogP contribution is 2.65. The minimum absolute atomic E-state index is 0.0766. The van der Waals surface area contributed by atoms with Crippen molar-refractivity contribution in [3.8, 4) is 0 Å². The summed E-state index contributed by atoms with van der Waals surface area (Å²) in [6.45, 7) is 5.27.